The van der Waals surface area contributed by atoms with Crippen LogP contribution < -0.4 is 0 Å². The van der Waals surface area contributed by atoms with Gasteiger partial charge in [0.1, 0.15) is 0 Å². The summed E-state index contributed by atoms with van der Waals surface area (Å²) >= 11 is 0. The molecule has 134 valence electrons. The van der Waals surface area contributed by atoms with Gasteiger partial charge in [-0.25, -0.2) is 0 Å². The molecule has 0 unspecified atom stereocenters. The van der Waals surface area contributed by atoms with Crippen molar-refractivity contribution in [3.63, 3.8) is 0 Å². The molecule has 1 aromatic heterocycles. The fourth-order valence-corrected chi connectivity index (χ4v) is 3.74. The minimum absolute atomic E-state index is 0.0969. The number of aryl methyl sites for hydroxylation is 1. The molecule has 3 aromatic rings. The minimum Gasteiger partial charge on any atom is -0.379 e. The highest BCUT2D eigenvalue weighted by molar-refractivity contribution is 5.94. The lowest BCUT2D eigenvalue weighted by Crippen LogP contribution is -2.36. The topological polar surface area (TPSA) is 34.5 Å². The first kappa shape index (κ1) is 16.9. The van der Waals surface area contributed by atoms with Gasteiger partial charge in [-0.1, -0.05) is 24.3 Å². The van der Waals surface area contributed by atoms with Crippen molar-refractivity contribution >= 4 is 16.8 Å². The third-order valence-electron chi connectivity index (χ3n) is 5.12. The van der Waals surface area contributed by atoms with Crippen molar-refractivity contribution in [3.05, 3.63) is 71.9 Å². The van der Waals surface area contributed by atoms with E-state index >= 15 is 0 Å². The molecule has 1 amide bonds. The van der Waals surface area contributed by atoms with Crippen LogP contribution >= 0.6 is 0 Å². The summed E-state index contributed by atoms with van der Waals surface area (Å²) in [6.45, 7) is 2.70. The van der Waals surface area contributed by atoms with Crippen molar-refractivity contribution in [2.24, 2.45) is 13.0 Å². The number of ether oxygens (including phenoxy) is 1. The maximum absolute atomic E-state index is 12.8. The molecule has 0 saturated carbocycles. The van der Waals surface area contributed by atoms with Gasteiger partial charge >= 0.3 is 0 Å². The zero-order valence-corrected chi connectivity index (χ0v) is 15.1. The van der Waals surface area contributed by atoms with Gasteiger partial charge in [-0.15, -0.1) is 0 Å². The Labute approximate surface area is 154 Å². The summed E-state index contributed by atoms with van der Waals surface area (Å²) in [4.78, 5) is 14.7. The number of amides is 1. The fraction of sp³-hybridized carbons (Fsp3) is 0.318. The second-order valence-electron chi connectivity index (χ2n) is 7.08. The third kappa shape index (κ3) is 3.51. The molecule has 4 heteroatoms. The van der Waals surface area contributed by atoms with Gasteiger partial charge < -0.3 is 14.2 Å². The standard InChI is InChI=1S/C22H24N2O2/c1-23-10-9-20-14-17(7-8-21(20)23)13-18-15-24(11-12-26-16-18)22(25)19-5-3-2-4-6-19/h2-10,14,18H,11-13,15-16H2,1H3/t18-/m0/s1. The highest BCUT2D eigenvalue weighted by Gasteiger charge is 2.23. The molecule has 4 nitrogen and oxygen atoms in total. The molecule has 0 bridgehead atoms. The minimum atomic E-state index is 0.0969. The zero-order valence-electron chi connectivity index (χ0n) is 15.1. The Kier molecular flexibility index (Phi) is 4.76. The lowest BCUT2D eigenvalue weighted by Gasteiger charge is -2.24. The number of hydrogen-bond acceptors (Lipinski definition) is 2. The van der Waals surface area contributed by atoms with Crippen molar-refractivity contribution in [2.75, 3.05) is 26.3 Å². The van der Waals surface area contributed by atoms with E-state index < -0.39 is 0 Å². The average molecular weight is 348 g/mol. The first-order valence-electron chi connectivity index (χ1n) is 9.17. The van der Waals surface area contributed by atoms with E-state index in [1.54, 1.807) is 0 Å². The number of carbonyl (C=O) groups excluding carboxylic acids is 1. The van der Waals surface area contributed by atoms with Crippen molar-refractivity contribution in [3.8, 4) is 0 Å². The van der Waals surface area contributed by atoms with Gasteiger partial charge in [0, 0.05) is 43.3 Å². The predicted molar refractivity (Wildman–Crippen MR) is 103 cm³/mol. The van der Waals surface area contributed by atoms with E-state index in [0.717, 1.165) is 18.5 Å². The van der Waals surface area contributed by atoms with Gasteiger partial charge in [-0.05, 0) is 47.7 Å². The number of aromatic nitrogens is 1. The monoisotopic (exact) mass is 348 g/mol. The van der Waals surface area contributed by atoms with E-state index in [0.29, 0.717) is 25.7 Å². The quantitative estimate of drug-likeness (QED) is 0.726. The van der Waals surface area contributed by atoms with Crippen LogP contribution in [0.3, 0.4) is 0 Å². The van der Waals surface area contributed by atoms with Crippen LogP contribution in [0.25, 0.3) is 10.9 Å². The van der Waals surface area contributed by atoms with E-state index in [4.69, 9.17) is 4.74 Å². The normalized spacial score (nSPS) is 18.0. The van der Waals surface area contributed by atoms with Gasteiger partial charge in [0.25, 0.3) is 5.91 Å². The first-order valence-corrected chi connectivity index (χ1v) is 9.17. The third-order valence-corrected chi connectivity index (χ3v) is 5.12. The lowest BCUT2D eigenvalue weighted by atomic mass is 9.98. The highest BCUT2D eigenvalue weighted by atomic mass is 16.5. The number of carbonyl (C=O) groups is 1. The fourth-order valence-electron chi connectivity index (χ4n) is 3.74. The lowest BCUT2D eigenvalue weighted by molar-refractivity contribution is 0.0737. The van der Waals surface area contributed by atoms with E-state index in [9.17, 15) is 4.79 Å². The van der Waals surface area contributed by atoms with Crippen molar-refractivity contribution in [2.45, 2.75) is 6.42 Å². The Balaban J connectivity index is 1.49. The molecular formula is C22H24N2O2. The van der Waals surface area contributed by atoms with Crippen LogP contribution in [0.15, 0.2) is 60.8 Å². The molecular weight excluding hydrogens is 324 g/mol. The Morgan fingerprint density at radius 3 is 2.85 bits per heavy atom. The number of nitrogens with zero attached hydrogens (tertiary/aromatic N) is 2. The zero-order chi connectivity index (χ0) is 17.9. The van der Waals surface area contributed by atoms with Crippen LogP contribution in [0.1, 0.15) is 15.9 Å². The summed E-state index contributed by atoms with van der Waals surface area (Å²) in [6, 6.07) is 18.3. The van der Waals surface area contributed by atoms with Gasteiger partial charge in [-0.2, -0.15) is 0 Å². The molecule has 4 rings (SSSR count). The number of rotatable bonds is 3. The molecule has 1 aliphatic rings. The molecule has 1 aliphatic heterocycles. The predicted octanol–water partition coefficient (Wildman–Crippen LogP) is 3.51. The van der Waals surface area contributed by atoms with Gasteiger partial charge in [0.05, 0.1) is 13.2 Å². The van der Waals surface area contributed by atoms with Crippen molar-refractivity contribution in [1.29, 1.82) is 0 Å². The molecule has 0 N–H and O–H groups in total. The Bertz CT molecular complexity index is 901. The SMILES string of the molecule is Cn1ccc2cc(C[C@@H]3COCCN(C(=O)c4ccccc4)C3)ccc21. The smallest absolute Gasteiger partial charge is 0.253 e. The summed E-state index contributed by atoms with van der Waals surface area (Å²) < 4.78 is 7.92. The van der Waals surface area contributed by atoms with Gasteiger partial charge in [0.2, 0.25) is 0 Å². The van der Waals surface area contributed by atoms with Crippen LogP contribution in [-0.4, -0.2) is 41.7 Å². The molecule has 2 heterocycles. The van der Waals surface area contributed by atoms with Crippen LogP contribution in [0, 0.1) is 5.92 Å². The van der Waals surface area contributed by atoms with E-state index in [-0.39, 0.29) is 5.91 Å². The maximum atomic E-state index is 12.8. The van der Waals surface area contributed by atoms with Crippen LogP contribution in [-0.2, 0) is 18.2 Å². The summed E-state index contributed by atoms with van der Waals surface area (Å²) in [6.07, 6.45) is 3.01. The van der Waals surface area contributed by atoms with E-state index in [2.05, 4.69) is 42.1 Å². The Morgan fingerprint density at radius 2 is 2.00 bits per heavy atom. The summed E-state index contributed by atoms with van der Waals surface area (Å²) in [5.74, 6) is 0.408. The second kappa shape index (κ2) is 7.34. The summed E-state index contributed by atoms with van der Waals surface area (Å²) in [5, 5.41) is 1.26. The van der Waals surface area contributed by atoms with E-state index in [1.807, 2.05) is 35.2 Å². The molecule has 1 saturated heterocycles. The van der Waals surface area contributed by atoms with Gasteiger partial charge in [0.15, 0.2) is 0 Å². The van der Waals surface area contributed by atoms with Crippen LogP contribution in [0.2, 0.25) is 0 Å². The number of benzene rings is 2. The first-order chi connectivity index (χ1) is 12.7. The maximum Gasteiger partial charge on any atom is 0.253 e. The molecule has 1 fully saturated rings. The second-order valence-corrected chi connectivity index (χ2v) is 7.08. The van der Waals surface area contributed by atoms with Crippen molar-refractivity contribution < 1.29 is 9.53 Å². The Hall–Kier alpha value is -2.59. The summed E-state index contributed by atoms with van der Waals surface area (Å²) in [7, 11) is 2.06. The molecule has 0 aliphatic carbocycles. The molecule has 2 aromatic carbocycles. The number of hydrogen-bond donors (Lipinski definition) is 0. The van der Waals surface area contributed by atoms with E-state index in [1.165, 1.54) is 16.5 Å². The van der Waals surface area contributed by atoms with Crippen LogP contribution in [0.5, 0.6) is 0 Å². The van der Waals surface area contributed by atoms with Gasteiger partial charge in [-0.3, -0.25) is 4.79 Å². The molecule has 1 atom stereocenters. The number of fused-ring (bicyclic) bond motifs is 1. The largest absolute Gasteiger partial charge is 0.379 e. The molecule has 26 heavy (non-hydrogen) atoms. The van der Waals surface area contributed by atoms with Crippen LogP contribution in [0.4, 0.5) is 0 Å². The molecule has 0 radical (unpaired) electrons. The summed E-state index contributed by atoms with van der Waals surface area (Å²) in [5.41, 5.74) is 3.29. The Morgan fingerprint density at radius 1 is 1.15 bits per heavy atom. The molecule has 0 spiro atoms. The average Bonchev–Trinajstić information content (AvgIpc) is 2.89. The highest BCUT2D eigenvalue weighted by Crippen LogP contribution is 2.21. The van der Waals surface area contributed by atoms with Crippen molar-refractivity contribution in [1.82, 2.24) is 9.47 Å².